The Balaban J connectivity index is 1.28. The molecule has 0 saturated carbocycles. The van der Waals surface area contributed by atoms with Crippen molar-refractivity contribution in [1.29, 1.82) is 0 Å². The Labute approximate surface area is 187 Å². The highest BCUT2D eigenvalue weighted by molar-refractivity contribution is 7.14. The molecule has 3 aromatic rings. The number of piperazine rings is 1. The number of thiophene rings is 1. The molecule has 4 rings (SSSR count). The van der Waals surface area contributed by atoms with E-state index in [9.17, 15) is 4.79 Å². The predicted octanol–water partition coefficient (Wildman–Crippen LogP) is 3.58. The number of hydrogen-bond donors (Lipinski definition) is 2. The lowest BCUT2D eigenvalue weighted by atomic mass is 10.1. The SMILES string of the molecule is Cc1cc(-c2csc(NC(=O)Cc3cccc(OCCN4CCNCC4)c3)c2)ccn1. The largest absolute Gasteiger partial charge is 0.492 e. The van der Waals surface area contributed by atoms with E-state index in [1.165, 1.54) is 11.3 Å². The summed E-state index contributed by atoms with van der Waals surface area (Å²) in [5, 5.41) is 9.26. The number of benzene rings is 1. The first-order chi connectivity index (χ1) is 15.2. The lowest BCUT2D eigenvalue weighted by Gasteiger charge is -2.26. The lowest BCUT2D eigenvalue weighted by Crippen LogP contribution is -2.44. The minimum absolute atomic E-state index is 0.0303. The molecule has 1 aromatic carbocycles. The van der Waals surface area contributed by atoms with Crippen LogP contribution in [-0.2, 0) is 11.2 Å². The molecule has 1 fully saturated rings. The summed E-state index contributed by atoms with van der Waals surface area (Å²) < 4.78 is 5.91. The number of carbonyl (C=O) groups is 1. The van der Waals surface area contributed by atoms with Crippen LogP contribution in [0.2, 0.25) is 0 Å². The second-order valence-corrected chi connectivity index (χ2v) is 8.61. The number of nitrogens with zero attached hydrogens (tertiary/aromatic N) is 2. The molecule has 162 valence electrons. The molecular formula is C24H28N4O2S. The third-order valence-corrected chi connectivity index (χ3v) is 6.09. The molecule has 2 N–H and O–H groups in total. The summed E-state index contributed by atoms with van der Waals surface area (Å²) in [7, 11) is 0. The number of carbonyl (C=O) groups excluding carboxylic acids is 1. The third-order valence-electron chi connectivity index (χ3n) is 5.24. The van der Waals surface area contributed by atoms with E-state index in [-0.39, 0.29) is 5.91 Å². The minimum Gasteiger partial charge on any atom is -0.492 e. The van der Waals surface area contributed by atoms with Gasteiger partial charge in [-0.2, -0.15) is 0 Å². The van der Waals surface area contributed by atoms with Gasteiger partial charge in [-0.3, -0.25) is 14.7 Å². The average Bonchev–Trinajstić information content (AvgIpc) is 3.23. The number of aromatic nitrogens is 1. The predicted molar refractivity (Wildman–Crippen MR) is 126 cm³/mol. The Morgan fingerprint density at radius 1 is 1.19 bits per heavy atom. The molecule has 0 aliphatic carbocycles. The van der Waals surface area contributed by atoms with E-state index in [1.807, 2.05) is 49.4 Å². The summed E-state index contributed by atoms with van der Waals surface area (Å²) in [6, 6.07) is 13.8. The standard InChI is InChI=1S/C24H28N4O2S/c1-18-13-20(5-6-26-18)21-16-24(31-17-21)27-23(29)15-19-3-2-4-22(14-19)30-12-11-28-9-7-25-8-10-28/h2-6,13-14,16-17,25H,7-12,15H2,1H3,(H,27,29). The maximum atomic E-state index is 12.5. The fourth-order valence-electron chi connectivity index (χ4n) is 3.62. The van der Waals surface area contributed by atoms with Gasteiger partial charge < -0.3 is 15.4 Å². The zero-order valence-corrected chi connectivity index (χ0v) is 18.6. The maximum absolute atomic E-state index is 12.5. The summed E-state index contributed by atoms with van der Waals surface area (Å²) in [5.41, 5.74) is 4.11. The van der Waals surface area contributed by atoms with Crippen LogP contribution in [0.15, 0.2) is 54.0 Å². The Hall–Kier alpha value is -2.74. The molecule has 3 heterocycles. The van der Waals surface area contributed by atoms with Gasteiger partial charge in [0, 0.05) is 50.0 Å². The lowest BCUT2D eigenvalue weighted by molar-refractivity contribution is -0.115. The quantitative estimate of drug-likeness (QED) is 0.565. The fraction of sp³-hybridized carbons (Fsp3) is 0.333. The van der Waals surface area contributed by atoms with Gasteiger partial charge in [-0.15, -0.1) is 11.3 Å². The molecule has 0 unspecified atom stereocenters. The van der Waals surface area contributed by atoms with Gasteiger partial charge in [-0.25, -0.2) is 0 Å². The van der Waals surface area contributed by atoms with Crippen molar-refractivity contribution >= 4 is 22.2 Å². The summed E-state index contributed by atoms with van der Waals surface area (Å²) >= 11 is 1.53. The Morgan fingerprint density at radius 3 is 2.90 bits per heavy atom. The van der Waals surface area contributed by atoms with Crippen molar-refractivity contribution in [1.82, 2.24) is 15.2 Å². The number of amides is 1. The molecule has 1 aliphatic rings. The molecule has 1 aliphatic heterocycles. The normalized spacial score (nSPS) is 14.4. The van der Waals surface area contributed by atoms with Gasteiger partial charge in [0.05, 0.1) is 11.4 Å². The van der Waals surface area contributed by atoms with E-state index >= 15 is 0 Å². The number of rotatable bonds is 8. The summed E-state index contributed by atoms with van der Waals surface area (Å²) in [5.74, 6) is 0.782. The molecule has 1 amide bonds. The highest BCUT2D eigenvalue weighted by Crippen LogP contribution is 2.29. The van der Waals surface area contributed by atoms with Crippen LogP contribution in [0.25, 0.3) is 11.1 Å². The molecular weight excluding hydrogens is 408 g/mol. The Morgan fingerprint density at radius 2 is 2.06 bits per heavy atom. The minimum atomic E-state index is -0.0303. The first kappa shape index (κ1) is 21.5. The van der Waals surface area contributed by atoms with Gasteiger partial charge in [0.1, 0.15) is 12.4 Å². The molecule has 0 radical (unpaired) electrons. The van der Waals surface area contributed by atoms with Gasteiger partial charge in [0.15, 0.2) is 0 Å². The zero-order chi connectivity index (χ0) is 21.5. The van der Waals surface area contributed by atoms with Crippen LogP contribution in [0.3, 0.4) is 0 Å². The van der Waals surface area contributed by atoms with Crippen molar-refractivity contribution in [3.8, 4) is 16.9 Å². The highest BCUT2D eigenvalue weighted by atomic mass is 32.1. The van der Waals surface area contributed by atoms with Crippen molar-refractivity contribution in [3.05, 3.63) is 65.3 Å². The van der Waals surface area contributed by atoms with Crippen molar-refractivity contribution in [2.75, 3.05) is 44.6 Å². The zero-order valence-electron chi connectivity index (χ0n) is 17.8. The summed E-state index contributed by atoms with van der Waals surface area (Å²) in [6.07, 6.45) is 2.12. The van der Waals surface area contributed by atoms with Crippen LogP contribution in [0.4, 0.5) is 5.00 Å². The molecule has 2 aromatic heterocycles. The van der Waals surface area contributed by atoms with Gasteiger partial charge in [-0.05, 0) is 53.9 Å². The topological polar surface area (TPSA) is 66.5 Å². The Bertz CT molecular complexity index is 1010. The molecule has 0 spiro atoms. The first-order valence-corrected chi connectivity index (χ1v) is 11.5. The number of ether oxygens (including phenoxy) is 1. The van der Waals surface area contributed by atoms with Crippen molar-refractivity contribution in [2.45, 2.75) is 13.3 Å². The summed E-state index contributed by atoms with van der Waals surface area (Å²) in [6.45, 7) is 7.76. The van der Waals surface area contributed by atoms with Gasteiger partial charge >= 0.3 is 0 Å². The molecule has 0 bridgehead atoms. The summed E-state index contributed by atoms with van der Waals surface area (Å²) in [4.78, 5) is 19.2. The first-order valence-electron chi connectivity index (χ1n) is 10.6. The monoisotopic (exact) mass is 436 g/mol. The van der Waals surface area contributed by atoms with E-state index in [0.29, 0.717) is 13.0 Å². The number of nitrogens with one attached hydrogen (secondary N) is 2. The Kier molecular flexibility index (Phi) is 7.30. The van der Waals surface area contributed by atoms with Crippen LogP contribution < -0.4 is 15.4 Å². The van der Waals surface area contributed by atoms with E-state index < -0.39 is 0 Å². The van der Waals surface area contributed by atoms with Crippen LogP contribution in [0, 0.1) is 6.92 Å². The number of anilines is 1. The van der Waals surface area contributed by atoms with E-state index in [1.54, 1.807) is 6.20 Å². The second-order valence-electron chi connectivity index (χ2n) is 7.70. The van der Waals surface area contributed by atoms with E-state index in [0.717, 1.165) is 65.9 Å². The van der Waals surface area contributed by atoms with Crippen LogP contribution in [0.5, 0.6) is 5.75 Å². The van der Waals surface area contributed by atoms with Crippen molar-refractivity contribution < 1.29 is 9.53 Å². The van der Waals surface area contributed by atoms with Crippen LogP contribution >= 0.6 is 11.3 Å². The van der Waals surface area contributed by atoms with Gasteiger partial charge in [0.2, 0.25) is 5.91 Å². The third kappa shape index (κ3) is 6.37. The molecule has 31 heavy (non-hydrogen) atoms. The number of hydrogen-bond acceptors (Lipinski definition) is 6. The second kappa shape index (κ2) is 10.5. The highest BCUT2D eigenvalue weighted by Gasteiger charge is 2.10. The molecule has 7 heteroatoms. The van der Waals surface area contributed by atoms with Crippen molar-refractivity contribution in [3.63, 3.8) is 0 Å². The molecule has 1 saturated heterocycles. The maximum Gasteiger partial charge on any atom is 0.229 e. The fourth-order valence-corrected chi connectivity index (χ4v) is 4.44. The molecule has 0 atom stereocenters. The number of pyridine rings is 1. The van der Waals surface area contributed by atoms with Crippen LogP contribution in [-0.4, -0.2) is 55.1 Å². The van der Waals surface area contributed by atoms with E-state index in [4.69, 9.17) is 4.74 Å². The van der Waals surface area contributed by atoms with E-state index in [2.05, 4.69) is 25.9 Å². The van der Waals surface area contributed by atoms with Crippen molar-refractivity contribution in [2.24, 2.45) is 0 Å². The number of aryl methyl sites for hydroxylation is 1. The smallest absolute Gasteiger partial charge is 0.229 e. The molecule has 6 nitrogen and oxygen atoms in total. The average molecular weight is 437 g/mol. The van der Waals surface area contributed by atoms with Gasteiger partial charge in [0.25, 0.3) is 0 Å². The van der Waals surface area contributed by atoms with Gasteiger partial charge in [-0.1, -0.05) is 12.1 Å². The van der Waals surface area contributed by atoms with Crippen LogP contribution in [0.1, 0.15) is 11.3 Å².